The Kier molecular flexibility index (Phi) is 2.53. The maximum atomic E-state index is 8.21. The molecule has 0 aromatic rings. The van der Waals surface area contributed by atoms with Crippen LogP contribution in [0.2, 0.25) is 0 Å². The average Bonchev–Trinajstić information content (AvgIpc) is 2.12. The van der Waals surface area contributed by atoms with E-state index in [4.69, 9.17) is 5.11 Å². The lowest BCUT2D eigenvalue weighted by atomic mass is 10.5. The lowest BCUT2D eigenvalue weighted by Gasteiger charge is -1.73. The summed E-state index contributed by atoms with van der Waals surface area (Å²) in [6.45, 7) is 0.417. The van der Waals surface area contributed by atoms with Crippen molar-refractivity contribution >= 4 is 12.4 Å². The summed E-state index contributed by atoms with van der Waals surface area (Å²) in [5, 5.41) is 8.21. The minimum atomic E-state index is 0. The maximum Gasteiger partial charge on any atom is 0.0459 e. The minimum absolute atomic E-state index is 0. The molecule has 0 spiro atoms. The van der Waals surface area contributed by atoms with Crippen LogP contribution in [0.3, 0.4) is 0 Å². The summed E-state index contributed by atoms with van der Waals surface area (Å²) in [5.74, 6) is 0.690. The fourth-order valence-corrected chi connectivity index (χ4v) is 0.300. The number of halogens is 1. The van der Waals surface area contributed by atoms with E-state index in [1.807, 2.05) is 0 Å². The molecule has 6 heavy (non-hydrogen) atoms. The molecule has 1 N–H and O–H groups in total. The molecule has 0 heterocycles. The molecule has 0 atom stereocenters. The van der Waals surface area contributed by atoms with Crippen molar-refractivity contribution in [3.8, 4) is 0 Å². The fraction of sp³-hybridized carbons (Fsp3) is 1.00. The first-order chi connectivity index (χ1) is 2.43. The third-order valence-corrected chi connectivity index (χ3v) is 0.955. The van der Waals surface area contributed by atoms with Gasteiger partial charge in [0.15, 0.2) is 0 Å². The molecule has 0 bridgehead atoms. The standard InChI is InChI=1S/C4H8O.ClH/c5-3-4-1-2-4;/h4-5H,1-3H2;1H. The van der Waals surface area contributed by atoms with Gasteiger partial charge < -0.3 is 5.11 Å². The van der Waals surface area contributed by atoms with Crippen LogP contribution in [0.4, 0.5) is 0 Å². The molecule has 0 aromatic heterocycles. The van der Waals surface area contributed by atoms with Gasteiger partial charge in [-0.2, -0.15) is 0 Å². The summed E-state index contributed by atoms with van der Waals surface area (Å²) in [4.78, 5) is 0. The number of hydrogen-bond donors (Lipinski definition) is 1. The average molecular weight is 109 g/mol. The van der Waals surface area contributed by atoms with Crippen molar-refractivity contribution in [1.82, 2.24) is 0 Å². The molecule has 0 aliphatic heterocycles. The Morgan fingerprint density at radius 3 is 2.00 bits per heavy atom. The van der Waals surface area contributed by atoms with Gasteiger partial charge in [0.1, 0.15) is 0 Å². The molecule has 0 radical (unpaired) electrons. The topological polar surface area (TPSA) is 20.2 Å². The van der Waals surface area contributed by atoms with Gasteiger partial charge in [0.05, 0.1) is 0 Å². The van der Waals surface area contributed by atoms with E-state index < -0.39 is 0 Å². The summed E-state index contributed by atoms with van der Waals surface area (Å²) in [6, 6.07) is 0. The minimum Gasteiger partial charge on any atom is -0.396 e. The van der Waals surface area contributed by atoms with Gasteiger partial charge in [-0.25, -0.2) is 0 Å². The summed E-state index contributed by atoms with van der Waals surface area (Å²) in [6.07, 6.45) is 2.52. The van der Waals surface area contributed by atoms with Crippen LogP contribution in [0, 0.1) is 5.92 Å². The van der Waals surface area contributed by atoms with Gasteiger partial charge in [0, 0.05) is 6.61 Å². The third-order valence-electron chi connectivity index (χ3n) is 0.955. The first kappa shape index (κ1) is 6.25. The Balaban J connectivity index is 0.000000250. The molecule has 1 aliphatic rings. The predicted octanol–water partition coefficient (Wildman–Crippen LogP) is 0.810. The van der Waals surface area contributed by atoms with Gasteiger partial charge in [-0.15, -0.1) is 12.4 Å². The van der Waals surface area contributed by atoms with Gasteiger partial charge in [0.25, 0.3) is 0 Å². The Labute approximate surface area is 43.8 Å². The highest BCUT2D eigenvalue weighted by atomic mass is 35.5. The highest BCUT2D eigenvalue weighted by molar-refractivity contribution is 5.85. The van der Waals surface area contributed by atoms with Crippen LogP contribution in [0.15, 0.2) is 0 Å². The highest BCUT2D eigenvalue weighted by Crippen LogP contribution is 2.27. The van der Waals surface area contributed by atoms with Crippen LogP contribution in [0.25, 0.3) is 0 Å². The molecular formula is C4H9ClO. The molecule has 0 aromatic carbocycles. The largest absolute Gasteiger partial charge is 0.396 e. The van der Waals surface area contributed by atoms with Crippen molar-refractivity contribution in [2.24, 2.45) is 5.92 Å². The van der Waals surface area contributed by atoms with Crippen molar-refractivity contribution in [2.75, 3.05) is 6.61 Å². The number of aliphatic hydroxyl groups excluding tert-OH is 1. The van der Waals surface area contributed by atoms with E-state index >= 15 is 0 Å². The molecular weight excluding hydrogens is 99.5 g/mol. The van der Waals surface area contributed by atoms with Crippen molar-refractivity contribution < 1.29 is 5.11 Å². The molecule has 2 heteroatoms. The van der Waals surface area contributed by atoms with E-state index in [0.29, 0.717) is 12.5 Å². The second kappa shape index (κ2) is 2.43. The number of rotatable bonds is 1. The fourth-order valence-electron chi connectivity index (χ4n) is 0.300. The van der Waals surface area contributed by atoms with Crippen LogP contribution in [-0.4, -0.2) is 11.7 Å². The van der Waals surface area contributed by atoms with Crippen LogP contribution in [0.5, 0.6) is 0 Å². The third kappa shape index (κ3) is 1.63. The van der Waals surface area contributed by atoms with E-state index in [1.165, 1.54) is 12.8 Å². The van der Waals surface area contributed by atoms with Crippen molar-refractivity contribution in [2.45, 2.75) is 12.8 Å². The molecule has 38 valence electrons. The van der Waals surface area contributed by atoms with E-state index in [2.05, 4.69) is 0 Å². The smallest absolute Gasteiger partial charge is 0.0459 e. The van der Waals surface area contributed by atoms with Gasteiger partial charge in [-0.3, -0.25) is 0 Å². The Morgan fingerprint density at radius 1 is 1.50 bits per heavy atom. The molecule has 1 saturated carbocycles. The zero-order chi connectivity index (χ0) is 3.70. The summed E-state index contributed by atoms with van der Waals surface area (Å²) >= 11 is 0. The second-order valence-electron chi connectivity index (χ2n) is 1.63. The van der Waals surface area contributed by atoms with Gasteiger partial charge in [-0.1, -0.05) is 0 Å². The summed E-state index contributed by atoms with van der Waals surface area (Å²) in [5.41, 5.74) is 0. The molecule has 1 nitrogen and oxygen atoms in total. The molecule has 0 saturated heterocycles. The molecule has 1 aliphatic carbocycles. The Bertz CT molecular complexity index is 34.5. The summed E-state index contributed by atoms with van der Waals surface area (Å²) < 4.78 is 0. The van der Waals surface area contributed by atoms with Crippen LogP contribution >= 0.6 is 12.4 Å². The van der Waals surface area contributed by atoms with Crippen molar-refractivity contribution in [3.63, 3.8) is 0 Å². The normalized spacial score (nSPS) is 19.5. The van der Waals surface area contributed by atoms with Crippen LogP contribution in [-0.2, 0) is 0 Å². The molecule has 1 fully saturated rings. The summed E-state index contributed by atoms with van der Waals surface area (Å²) in [7, 11) is 0. The lowest BCUT2D eigenvalue weighted by molar-refractivity contribution is 0.277. The lowest BCUT2D eigenvalue weighted by Crippen LogP contribution is -1.78. The van der Waals surface area contributed by atoms with E-state index in [-0.39, 0.29) is 12.4 Å². The van der Waals surface area contributed by atoms with Gasteiger partial charge in [0.2, 0.25) is 0 Å². The number of aliphatic hydroxyl groups is 1. The van der Waals surface area contributed by atoms with Crippen molar-refractivity contribution in [1.29, 1.82) is 0 Å². The maximum absolute atomic E-state index is 8.21. The van der Waals surface area contributed by atoms with E-state index in [0.717, 1.165) is 0 Å². The van der Waals surface area contributed by atoms with Crippen molar-refractivity contribution in [3.05, 3.63) is 0 Å². The molecule has 0 unspecified atom stereocenters. The Morgan fingerprint density at radius 2 is 2.00 bits per heavy atom. The first-order valence-electron chi connectivity index (χ1n) is 2.04. The molecule has 0 amide bonds. The zero-order valence-electron chi connectivity index (χ0n) is 3.55. The first-order valence-corrected chi connectivity index (χ1v) is 2.04. The zero-order valence-corrected chi connectivity index (χ0v) is 4.37. The van der Waals surface area contributed by atoms with Gasteiger partial charge >= 0.3 is 0 Å². The van der Waals surface area contributed by atoms with Gasteiger partial charge in [-0.05, 0) is 18.8 Å². The number of hydrogen-bond acceptors (Lipinski definition) is 1. The monoisotopic (exact) mass is 108 g/mol. The van der Waals surface area contributed by atoms with Crippen LogP contribution < -0.4 is 0 Å². The molecule has 1 rings (SSSR count). The second-order valence-corrected chi connectivity index (χ2v) is 1.63. The van der Waals surface area contributed by atoms with Crippen LogP contribution in [0.1, 0.15) is 12.8 Å². The Hall–Kier alpha value is 0.250. The van der Waals surface area contributed by atoms with E-state index in [1.54, 1.807) is 0 Å². The SMILES string of the molecule is Cl.OCC1CC1. The predicted molar refractivity (Wildman–Crippen MR) is 27.1 cm³/mol. The highest BCUT2D eigenvalue weighted by Gasteiger charge is 2.18. The van der Waals surface area contributed by atoms with E-state index in [9.17, 15) is 0 Å². The quantitative estimate of drug-likeness (QED) is 0.527.